The molecule has 1 aliphatic rings. The minimum Gasteiger partial charge on any atom is -0.481 e. The number of rotatable bonds is 11. The second-order valence-corrected chi connectivity index (χ2v) is 8.45. The first-order chi connectivity index (χ1) is 15.9. The third-order valence-electron chi connectivity index (χ3n) is 6.08. The van der Waals surface area contributed by atoms with Crippen LogP contribution in [0.15, 0.2) is 48.5 Å². The van der Waals surface area contributed by atoms with Gasteiger partial charge in [-0.2, -0.15) is 0 Å². The zero-order valence-corrected chi connectivity index (χ0v) is 19.3. The monoisotopic (exact) mass is 452 g/mol. The van der Waals surface area contributed by atoms with Crippen molar-refractivity contribution in [1.82, 2.24) is 10.2 Å². The number of carboxylic acid groups (broad SMARTS) is 1. The van der Waals surface area contributed by atoms with Gasteiger partial charge in [0.05, 0.1) is 5.92 Å². The molecule has 0 aromatic heterocycles. The van der Waals surface area contributed by atoms with E-state index in [4.69, 9.17) is 9.84 Å². The van der Waals surface area contributed by atoms with Crippen LogP contribution in [0.25, 0.3) is 11.1 Å². The Hall–Kier alpha value is -3.35. The number of fused-ring (bicyclic) bond motifs is 3. The van der Waals surface area contributed by atoms with Gasteiger partial charge in [-0.25, -0.2) is 4.79 Å². The predicted octanol–water partition coefficient (Wildman–Crippen LogP) is 4.26. The fourth-order valence-corrected chi connectivity index (χ4v) is 4.41. The van der Waals surface area contributed by atoms with Crippen molar-refractivity contribution in [2.75, 3.05) is 26.7 Å². The largest absolute Gasteiger partial charge is 0.481 e. The second-order valence-electron chi connectivity index (χ2n) is 8.45. The molecule has 0 bridgehead atoms. The van der Waals surface area contributed by atoms with E-state index in [2.05, 4.69) is 29.6 Å². The van der Waals surface area contributed by atoms with E-state index in [0.29, 0.717) is 19.4 Å². The highest BCUT2D eigenvalue weighted by Gasteiger charge is 2.29. The molecule has 0 saturated carbocycles. The van der Waals surface area contributed by atoms with Crippen LogP contribution >= 0.6 is 0 Å². The Labute approximate surface area is 194 Å². The second kappa shape index (κ2) is 11.5. The standard InChI is InChI=1S/C26H32N2O5/c1-3-9-18(25(31)28(2)15-8-14-24(29)30)16-27-26(32)33-17-23-21-12-6-4-10-19(21)20-11-5-7-13-22(20)23/h4-7,10-13,18,23H,3,8-9,14-17H2,1-2H3,(H,27,32)(H,29,30). The number of ether oxygens (including phenoxy) is 1. The molecule has 0 spiro atoms. The van der Waals surface area contributed by atoms with Crippen LogP contribution in [0.4, 0.5) is 4.79 Å². The summed E-state index contributed by atoms with van der Waals surface area (Å²) in [5, 5.41) is 11.5. The van der Waals surface area contributed by atoms with E-state index < -0.39 is 12.1 Å². The third-order valence-corrected chi connectivity index (χ3v) is 6.08. The number of amides is 2. The number of alkyl carbamates (subject to hydrolysis) is 1. The molecule has 176 valence electrons. The highest BCUT2D eigenvalue weighted by atomic mass is 16.5. The molecule has 1 aliphatic carbocycles. The van der Waals surface area contributed by atoms with Crippen molar-refractivity contribution in [2.24, 2.45) is 5.92 Å². The maximum absolute atomic E-state index is 12.7. The molecular formula is C26H32N2O5. The lowest BCUT2D eigenvalue weighted by Gasteiger charge is -2.24. The lowest BCUT2D eigenvalue weighted by molar-refractivity contribution is -0.138. The Balaban J connectivity index is 1.54. The molecule has 0 aliphatic heterocycles. The SMILES string of the molecule is CCCC(CNC(=O)OCC1c2ccccc2-c2ccccc21)C(=O)N(C)CCCC(=O)O. The lowest BCUT2D eigenvalue weighted by Crippen LogP contribution is -2.40. The molecule has 0 heterocycles. The summed E-state index contributed by atoms with van der Waals surface area (Å²) in [4.78, 5) is 37.4. The van der Waals surface area contributed by atoms with Gasteiger partial charge in [-0.1, -0.05) is 61.9 Å². The summed E-state index contributed by atoms with van der Waals surface area (Å²) in [6.07, 6.45) is 1.31. The molecule has 0 fully saturated rings. The van der Waals surface area contributed by atoms with Crippen LogP contribution in [0, 0.1) is 5.92 Å². The van der Waals surface area contributed by atoms with Crippen LogP contribution in [-0.2, 0) is 14.3 Å². The van der Waals surface area contributed by atoms with Crippen molar-refractivity contribution in [3.05, 3.63) is 59.7 Å². The maximum atomic E-state index is 12.7. The van der Waals surface area contributed by atoms with Gasteiger partial charge in [0.2, 0.25) is 5.91 Å². The lowest BCUT2D eigenvalue weighted by atomic mass is 9.98. The van der Waals surface area contributed by atoms with Crippen molar-refractivity contribution in [3.8, 4) is 11.1 Å². The Kier molecular flexibility index (Phi) is 8.46. The van der Waals surface area contributed by atoms with Gasteiger partial charge in [0.25, 0.3) is 0 Å². The first kappa shape index (κ1) is 24.3. The zero-order valence-electron chi connectivity index (χ0n) is 19.3. The molecule has 2 aromatic carbocycles. The number of carboxylic acids is 1. The van der Waals surface area contributed by atoms with E-state index in [1.807, 2.05) is 31.2 Å². The smallest absolute Gasteiger partial charge is 0.407 e. The van der Waals surface area contributed by atoms with Gasteiger partial charge in [0, 0.05) is 32.5 Å². The summed E-state index contributed by atoms with van der Waals surface area (Å²) in [6.45, 7) is 2.77. The number of carbonyl (C=O) groups excluding carboxylic acids is 2. The highest BCUT2D eigenvalue weighted by molar-refractivity contribution is 5.80. The summed E-state index contributed by atoms with van der Waals surface area (Å²) in [5.74, 6) is -1.36. The van der Waals surface area contributed by atoms with E-state index in [1.54, 1.807) is 11.9 Å². The van der Waals surface area contributed by atoms with E-state index in [1.165, 1.54) is 11.1 Å². The number of hydrogen-bond acceptors (Lipinski definition) is 4. The average Bonchev–Trinajstić information content (AvgIpc) is 3.13. The molecule has 1 unspecified atom stereocenters. The molecule has 0 radical (unpaired) electrons. The molecular weight excluding hydrogens is 420 g/mol. The summed E-state index contributed by atoms with van der Waals surface area (Å²) in [5.41, 5.74) is 4.63. The minimum atomic E-state index is -0.877. The fourth-order valence-electron chi connectivity index (χ4n) is 4.41. The first-order valence-corrected chi connectivity index (χ1v) is 11.5. The molecule has 0 saturated heterocycles. The van der Waals surface area contributed by atoms with Crippen LogP contribution in [0.2, 0.25) is 0 Å². The van der Waals surface area contributed by atoms with Crippen LogP contribution < -0.4 is 5.32 Å². The third kappa shape index (κ3) is 6.12. The molecule has 2 aromatic rings. The van der Waals surface area contributed by atoms with Gasteiger partial charge in [-0.3, -0.25) is 9.59 Å². The van der Waals surface area contributed by atoms with E-state index in [0.717, 1.165) is 17.5 Å². The Bertz CT molecular complexity index is 945. The van der Waals surface area contributed by atoms with E-state index in [-0.39, 0.29) is 37.3 Å². The highest BCUT2D eigenvalue weighted by Crippen LogP contribution is 2.44. The quantitative estimate of drug-likeness (QED) is 0.531. The Morgan fingerprint density at radius 2 is 1.67 bits per heavy atom. The molecule has 7 nitrogen and oxygen atoms in total. The normalized spacial score (nSPS) is 13.0. The van der Waals surface area contributed by atoms with Crippen LogP contribution in [0.5, 0.6) is 0 Å². The van der Waals surface area contributed by atoms with Crippen molar-refractivity contribution in [1.29, 1.82) is 0 Å². The molecule has 33 heavy (non-hydrogen) atoms. The van der Waals surface area contributed by atoms with Crippen molar-refractivity contribution < 1.29 is 24.2 Å². The number of nitrogens with one attached hydrogen (secondary N) is 1. The topological polar surface area (TPSA) is 95.9 Å². The van der Waals surface area contributed by atoms with Crippen LogP contribution in [0.1, 0.15) is 49.7 Å². The summed E-state index contributed by atoms with van der Waals surface area (Å²) in [6, 6.07) is 16.3. The molecule has 2 amide bonds. The molecule has 3 rings (SSSR count). The maximum Gasteiger partial charge on any atom is 0.407 e. The van der Waals surface area contributed by atoms with E-state index >= 15 is 0 Å². The van der Waals surface area contributed by atoms with Gasteiger partial charge in [-0.15, -0.1) is 0 Å². The number of benzene rings is 2. The first-order valence-electron chi connectivity index (χ1n) is 11.5. The number of aliphatic carboxylic acids is 1. The van der Waals surface area contributed by atoms with E-state index in [9.17, 15) is 14.4 Å². The van der Waals surface area contributed by atoms with Crippen molar-refractivity contribution in [3.63, 3.8) is 0 Å². The van der Waals surface area contributed by atoms with Crippen LogP contribution in [-0.4, -0.2) is 54.7 Å². The summed E-state index contributed by atoms with van der Waals surface area (Å²) >= 11 is 0. The summed E-state index contributed by atoms with van der Waals surface area (Å²) < 4.78 is 5.56. The van der Waals surface area contributed by atoms with Gasteiger partial charge < -0.3 is 20.1 Å². The average molecular weight is 453 g/mol. The Morgan fingerprint density at radius 3 is 2.24 bits per heavy atom. The van der Waals surface area contributed by atoms with Gasteiger partial charge in [0.1, 0.15) is 6.61 Å². The zero-order chi connectivity index (χ0) is 23.8. The molecule has 7 heteroatoms. The van der Waals surface area contributed by atoms with Crippen molar-refractivity contribution in [2.45, 2.75) is 38.5 Å². The molecule has 2 N–H and O–H groups in total. The minimum absolute atomic E-state index is 0.0170. The summed E-state index contributed by atoms with van der Waals surface area (Å²) in [7, 11) is 1.67. The number of hydrogen-bond donors (Lipinski definition) is 2. The number of nitrogens with zero attached hydrogens (tertiary/aromatic N) is 1. The van der Waals surface area contributed by atoms with Gasteiger partial charge >= 0.3 is 12.1 Å². The number of carbonyl (C=O) groups is 3. The molecule has 1 atom stereocenters. The van der Waals surface area contributed by atoms with Crippen molar-refractivity contribution >= 4 is 18.0 Å². The van der Waals surface area contributed by atoms with Gasteiger partial charge in [-0.05, 0) is 35.1 Å². The van der Waals surface area contributed by atoms with Crippen LogP contribution in [0.3, 0.4) is 0 Å². The fraction of sp³-hybridized carbons (Fsp3) is 0.423. The predicted molar refractivity (Wildman–Crippen MR) is 126 cm³/mol. The Morgan fingerprint density at radius 1 is 1.06 bits per heavy atom. The van der Waals surface area contributed by atoms with Gasteiger partial charge in [0.15, 0.2) is 0 Å².